The standard InChI is InChI=1S/C13H24N2OS/c1-3-15(12-7-5-4-6-8-12)13(16)10-17-9-11(2)14/h7,11H,3-6,8-10,14H2,1-2H3. The van der Waals surface area contributed by atoms with E-state index in [9.17, 15) is 4.79 Å². The summed E-state index contributed by atoms with van der Waals surface area (Å²) in [7, 11) is 0. The zero-order valence-electron chi connectivity index (χ0n) is 10.9. The fourth-order valence-electron chi connectivity index (χ4n) is 2.02. The Hall–Kier alpha value is -0.480. The second-order valence-corrected chi connectivity index (χ2v) is 5.60. The third kappa shape index (κ3) is 5.13. The van der Waals surface area contributed by atoms with E-state index in [1.165, 1.54) is 18.5 Å². The molecule has 0 saturated heterocycles. The van der Waals surface area contributed by atoms with Crippen molar-refractivity contribution in [1.29, 1.82) is 0 Å². The van der Waals surface area contributed by atoms with Crippen molar-refractivity contribution in [3.63, 3.8) is 0 Å². The molecule has 0 saturated carbocycles. The molecule has 0 heterocycles. The zero-order chi connectivity index (χ0) is 12.7. The molecule has 3 nitrogen and oxygen atoms in total. The minimum atomic E-state index is 0.164. The average molecular weight is 256 g/mol. The second kappa shape index (κ2) is 7.77. The minimum Gasteiger partial charge on any atom is -0.327 e. The van der Waals surface area contributed by atoms with Gasteiger partial charge in [-0.1, -0.05) is 6.08 Å². The van der Waals surface area contributed by atoms with Gasteiger partial charge in [-0.15, -0.1) is 0 Å². The van der Waals surface area contributed by atoms with E-state index in [0.29, 0.717) is 5.75 Å². The number of allylic oxidation sites excluding steroid dienone is 2. The Morgan fingerprint density at radius 1 is 1.59 bits per heavy atom. The van der Waals surface area contributed by atoms with Gasteiger partial charge in [-0.2, -0.15) is 11.8 Å². The summed E-state index contributed by atoms with van der Waals surface area (Å²) in [5, 5.41) is 0. The van der Waals surface area contributed by atoms with Crippen LogP contribution in [0.15, 0.2) is 11.8 Å². The maximum Gasteiger partial charge on any atom is 0.236 e. The largest absolute Gasteiger partial charge is 0.327 e. The molecule has 0 spiro atoms. The van der Waals surface area contributed by atoms with Gasteiger partial charge in [0.1, 0.15) is 0 Å². The van der Waals surface area contributed by atoms with Gasteiger partial charge in [0.25, 0.3) is 0 Å². The van der Waals surface area contributed by atoms with Crippen LogP contribution in [-0.4, -0.2) is 34.9 Å². The van der Waals surface area contributed by atoms with Crippen molar-refractivity contribution in [1.82, 2.24) is 4.90 Å². The molecule has 1 unspecified atom stereocenters. The number of amides is 1. The van der Waals surface area contributed by atoms with Gasteiger partial charge in [0.15, 0.2) is 0 Å². The molecule has 0 radical (unpaired) electrons. The smallest absolute Gasteiger partial charge is 0.236 e. The predicted octanol–water partition coefficient (Wildman–Crippen LogP) is 2.37. The van der Waals surface area contributed by atoms with E-state index in [-0.39, 0.29) is 11.9 Å². The third-order valence-electron chi connectivity index (χ3n) is 2.84. The van der Waals surface area contributed by atoms with Gasteiger partial charge in [0, 0.05) is 24.0 Å². The molecular formula is C13H24N2OS. The number of nitrogens with two attached hydrogens (primary N) is 1. The molecule has 0 aromatic carbocycles. The third-order valence-corrected chi connectivity index (χ3v) is 4.05. The molecule has 0 aromatic heterocycles. The van der Waals surface area contributed by atoms with Gasteiger partial charge in [-0.25, -0.2) is 0 Å². The van der Waals surface area contributed by atoms with Crippen LogP contribution in [-0.2, 0) is 4.79 Å². The van der Waals surface area contributed by atoms with E-state index in [2.05, 4.69) is 6.08 Å². The Morgan fingerprint density at radius 3 is 2.88 bits per heavy atom. The Labute approximate surface area is 109 Å². The van der Waals surface area contributed by atoms with E-state index in [4.69, 9.17) is 5.73 Å². The first-order chi connectivity index (χ1) is 8.15. The fraction of sp³-hybridized carbons (Fsp3) is 0.769. The summed E-state index contributed by atoms with van der Waals surface area (Å²) >= 11 is 1.63. The molecule has 1 amide bonds. The molecule has 1 aliphatic rings. The molecule has 0 aromatic rings. The van der Waals surface area contributed by atoms with Crippen LogP contribution in [0.3, 0.4) is 0 Å². The van der Waals surface area contributed by atoms with E-state index in [0.717, 1.165) is 25.1 Å². The quantitative estimate of drug-likeness (QED) is 0.793. The van der Waals surface area contributed by atoms with Crippen LogP contribution >= 0.6 is 11.8 Å². The Bertz CT molecular complexity index is 277. The Morgan fingerprint density at radius 2 is 2.35 bits per heavy atom. The van der Waals surface area contributed by atoms with Gasteiger partial charge in [-0.3, -0.25) is 4.79 Å². The van der Waals surface area contributed by atoms with Crippen LogP contribution in [0.25, 0.3) is 0 Å². The van der Waals surface area contributed by atoms with Crippen LogP contribution in [0.5, 0.6) is 0 Å². The highest BCUT2D eigenvalue weighted by Crippen LogP contribution is 2.21. The van der Waals surface area contributed by atoms with Crippen molar-refractivity contribution in [2.75, 3.05) is 18.1 Å². The highest BCUT2D eigenvalue weighted by molar-refractivity contribution is 7.99. The minimum absolute atomic E-state index is 0.164. The zero-order valence-corrected chi connectivity index (χ0v) is 11.8. The van der Waals surface area contributed by atoms with Crippen molar-refractivity contribution >= 4 is 17.7 Å². The van der Waals surface area contributed by atoms with E-state index >= 15 is 0 Å². The van der Waals surface area contributed by atoms with Crippen LogP contribution in [0.1, 0.15) is 39.5 Å². The highest BCUT2D eigenvalue weighted by atomic mass is 32.2. The molecule has 0 bridgehead atoms. The molecule has 1 atom stereocenters. The lowest BCUT2D eigenvalue weighted by Gasteiger charge is -2.26. The SMILES string of the molecule is CCN(C(=O)CSCC(C)N)C1=CCCCC1. The number of nitrogens with zero attached hydrogens (tertiary/aromatic N) is 1. The lowest BCUT2D eigenvalue weighted by molar-refractivity contribution is -0.126. The van der Waals surface area contributed by atoms with E-state index < -0.39 is 0 Å². The lowest BCUT2D eigenvalue weighted by atomic mass is 10.0. The van der Waals surface area contributed by atoms with Crippen LogP contribution < -0.4 is 5.73 Å². The van der Waals surface area contributed by atoms with Gasteiger partial charge < -0.3 is 10.6 Å². The summed E-state index contributed by atoms with van der Waals surface area (Å²) in [4.78, 5) is 14.0. The molecule has 0 aliphatic heterocycles. The molecule has 2 N–H and O–H groups in total. The monoisotopic (exact) mass is 256 g/mol. The summed E-state index contributed by atoms with van der Waals surface area (Å²) in [6.45, 7) is 4.80. The van der Waals surface area contributed by atoms with Crippen LogP contribution in [0, 0.1) is 0 Å². The molecule has 0 fully saturated rings. The number of rotatable bonds is 6. The molecule has 1 aliphatic carbocycles. The van der Waals surface area contributed by atoms with E-state index in [1.807, 2.05) is 18.7 Å². The average Bonchev–Trinajstić information content (AvgIpc) is 2.31. The molecule has 17 heavy (non-hydrogen) atoms. The first kappa shape index (κ1) is 14.6. The Kier molecular flexibility index (Phi) is 6.66. The van der Waals surface area contributed by atoms with Crippen molar-refractivity contribution < 1.29 is 4.79 Å². The van der Waals surface area contributed by atoms with Crippen molar-refractivity contribution in [2.45, 2.75) is 45.6 Å². The molecule has 4 heteroatoms. The topological polar surface area (TPSA) is 46.3 Å². The van der Waals surface area contributed by atoms with Gasteiger partial charge in [-0.05, 0) is 39.5 Å². The first-order valence-corrected chi connectivity index (χ1v) is 7.63. The molecule has 98 valence electrons. The van der Waals surface area contributed by atoms with Crippen molar-refractivity contribution in [3.8, 4) is 0 Å². The number of hydrogen-bond acceptors (Lipinski definition) is 3. The number of carbonyl (C=O) groups excluding carboxylic acids is 1. The summed E-state index contributed by atoms with van der Waals surface area (Å²) in [5.74, 6) is 1.63. The number of carbonyl (C=O) groups is 1. The summed E-state index contributed by atoms with van der Waals surface area (Å²) in [6, 6.07) is 0.164. The number of thioether (sulfide) groups is 1. The second-order valence-electron chi connectivity index (χ2n) is 4.57. The van der Waals surface area contributed by atoms with Gasteiger partial charge in [0.2, 0.25) is 5.91 Å². The molecular weight excluding hydrogens is 232 g/mol. The lowest BCUT2D eigenvalue weighted by Crippen LogP contribution is -2.32. The summed E-state index contributed by atoms with van der Waals surface area (Å²) in [5.41, 5.74) is 6.90. The van der Waals surface area contributed by atoms with Crippen molar-refractivity contribution in [3.05, 3.63) is 11.8 Å². The molecule has 1 rings (SSSR count). The van der Waals surface area contributed by atoms with Crippen LogP contribution in [0.2, 0.25) is 0 Å². The van der Waals surface area contributed by atoms with E-state index in [1.54, 1.807) is 11.8 Å². The maximum absolute atomic E-state index is 12.1. The summed E-state index contributed by atoms with van der Waals surface area (Å²) in [6.07, 6.45) is 6.86. The normalized spacial score (nSPS) is 17.5. The predicted molar refractivity (Wildman–Crippen MR) is 74.9 cm³/mol. The van der Waals surface area contributed by atoms with Crippen LogP contribution in [0.4, 0.5) is 0 Å². The summed E-state index contributed by atoms with van der Waals surface area (Å²) < 4.78 is 0. The first-order valence-electron chi connectivity index (χ1n) is 6.47. The van der Waals surface area contributed by atoms with Gasteiger partial charge >= 0.3 is 0 Å². The highest BCUT2D eigenvalue weighted by Gasteiger charge is 2.17. The Balaban J connectivity index is 2.43. The maximum atomic E-state index is 12.1. The number of hydrogen-bond donors (Lipinski definition) is 1. The van der Waals surface area contributed by atoms with Crippen molar-refractivity contribution in [2.24, 2.45) is 5.73 Å². The van der Waals surface area contributed by atoms with Gasteiger partial charge in [0.05, 0.1) is 5.75 Å². The fourth-order valence-corrected chi connectivity index (χ4v) is 2.84.